The molecule has 27 heavy (non-hydrogen) atoms. The molecule has 1 saturated carbocycles. The van der Waals surface area contributed by atoms with E-state index in [0.717, 1.165) is 49.0 Å². The third-order valence-electron chi connectivity index (χ3n) is 5.18. The van der Waals surface area contributed by atoms with E-state index in [9.17, 15) is 9.59 Å². The van der Waals surface area contributed by atoms with Crippen molar-refractivity contribution in [1.29, 1.82) is 0 Å². The second-order valence-electron chi connectivity index (χ2n) is 7.38. The molecule has 1 heterocycles. The molecule has 1 aromatic carbocycles. The van der Waals surface area contributed by atoms with E-state index in [1.165, 1.54) is 11.1 Å². The van der Waals surface area contributed by atoms with E-state index in [-0.39, 0.29) is 24.5 Å². The number of hydrogen-bond donors (Lipinski definition) is 1. The molecule has 0 saturated heterocycles. The maximum absolute atomic E-state index is 12.0. The highest BCUT2D eigenvalue weighted by Crippen LogP contribution is 2.24. The average molecular weight is 389 g/mol. The molecule has 1 fully saturated rings. The first-order valence-corrected chi connectivity index (χ1v) is 10.7. The zero-order valence-corrected chi connectivity index (χ0v) is 16.7. The van der Waals surface area contributed by atoms with E-state index in [0.29, 0.717) is 12.3 Å². The molecule has 3 rings (SSSR count). The Kier molecular flexibility index (Phi) is 7.21. The van der Waals surface area contributed by atoms with Crippen LogP contribution in [0, 0.1) is 5.92 Å². The summed E-state index contributed by atoms with van der Waals surface area (Å²) >= 11 is 1.71. The van der Waals surface area contributed by atoms with E-state index >= 15 is 0 Å². The van der Waals surface area contributed by atoms with Crippen molar-refractivity contribution < 1.29 is 14.3 Å². The smallest absolute Gasteiger partial charge is 0.306 e. The number of carbonyl (C=O) groups is 2. The maximum atomic E-state index is 12.0. The highest BCUT2D eigenvalue weighted by molar-refractivity contribution is 7.18. The van der Waals surface area contributed by atoms with Crippen molar-refractivity contribution in [2.45, 2.75) is 64.3 Å². The number of carbonyl (C=O) groups excluding carboxylic acids is 2. The summed E-state index contributed by atoms with van der Waals surface area (Å²) in [6.45, 7) is 2.00. The number of nitrogens with one attached hydrogen (secondary N) is 1. The molecule has 0 spiro atoms. The van der Waals surface area contributed by atoms with Crippen LogP contribution in [0.25, 0.3) is 10.2 Å². The minimum absolute atomic E-state index is 0.167. The van der Waals surface area contributed by atoms with Gasteiger partial charge in [0.15, 0.2) is 6.61 Å². The van der Waals surface area contributed by atoms with Gasteiger partial charge in [0.1, 0.15) is 0 Å². The van der Waals surface area contributed by atoms with Gasteiger partial charge in [-0.15, -0.1) is 11.3 Å². The molecule has 1 aromatic heterocycles. The number of aromatic nitrogens is 1. The zero-order valence-electron chi connectivity index (χ0n) is 15.9. The minimum Gasteiger partial charge on any atom is -0.456 e. The molecule has 2 atom stereocenters. The van der Waals surface area contributed by atoms with Crippen molar-refractivity contribution >= 4 is 33.4 Å². The number of benzene rings is 1. The molecule has 146 valence electrons. The first kappa shape index (κ1) is 19.8. The van der Waals surface area contributed by atoms with Crippen molar-refractivity contribution in [3.05, 3.63) is 29.3 Å². The Labute approximate surface area is 164 Å². The summed E-state index contributed by atoms with van der Waals surface area (Å²) in [5.74, 6) is 0.0172. The second-order valence-corrected chi connectivity index (χ2v) is 8.49. The number of esters is 1. The van der Waals surface area contributed by atoms with Gasteiger partial charge in [0.05, 0.1) is 15.2 Å². The molecule has 2 aromatic rings. The summed E-state index contributed by atoms with van der Waals surface area (Å²) < 4.78 is 6.32. The average Bonchev–Trinajstić information content (AvgIpc) is 3.08. The van der Waals surface area contributed by atoms with Crippen molar-refractivity contribution in [3.8, 4) is 0 Å². The Morgan fingerprint density at radius 2 is 2.04 bits per heavy atom. The number of amides is 1. The van der Waals surface area contributed by atoms with Crippen LogP contribution < -0.4 is 5.32 Å². The first-order chi connectivity index (χ1) is 13.1. The monoisotopic (exact) mass is 388 g/mol. The maximum Gasteiger partial charge on any atom is 0.306 e. The molecule has 1 aliphatic carbocycles. The SMILES string of the molecule is C[C@@H]1CCCC[C@@H]1NC(=O)COC(=O)CCCCc1nc2ccccc2s1. The Bertz CT molecular complexity index is 741. The van der Waals surface area contributed by atoms with Gasteiger partial charge in [0.2, 0.25) is 0 Å². The number of para-hydroxylation sites is 1. The lowest BCUT2D eigenvalue weighted by Crippen LogP contribution is -2.42. The molecular weight excluding hydrogens is 360 g/mol. The van der Waals surface area contributed by atoms with Crippen LogP contribution in [-0.2, 0) is 20.7 Å². The fourth-order valence-electron chi connectivity index (χ4n) is 3.57. The summed E-state index contributed by atoms with van der Waals surface area (Å²) in [6, 6.07) is 8.33. The quantitative estimate of drug-likeness (QED) is 0.542. The number of ether oxygens (including phenoxy) is 1. The van der Waals surface area contributed by atoms with Crippen LogP contribution in [0.4, 0.5) is 0 Å². The van der Waals surface area contributed by atoms with Crippen LogP contribution in [0.15, 0.2) is 24.3 Å². The third-order valence-corrected chi connectivity index (χ3v) is 6.28. The Morgan fingerprint density at radius 1 is 1.22 bits per heavy atom. The highest BCUT2D eigenvalue weighted by atomic mass is 32.1. The van der Waals surface area contributed by atoms with Gasteiger partial charge < -0.3 is 10.1 Å². The van der Waals surface area contributed by atoms with Crippen molar-refractivity contribution in [2.75, 3.05) is 6.61 Å². The fourth-order valence-corrected chi connectivity index (χ4v) is 4.58. The number of fused-ring (bicyclic) bond motifs is 1. The Balaban J connectivity index is 1.29. The summed E-state index contributed by atoms with van der Waals surface area (Å²) in [5, 5.41) is 4.10. The van der Waals surface area contributed by atoms with E-state index in [1.54, 1.807) is 11.3 Å². The number of aryl methyl sites for hydroxylation is 1. The van der Waals surface area contributed by atoms with Gasteiger partial charge in [-0.3, -0.25) is 9.59 Å². The van der Waals surface area contributed by atoms with Crippen LogP contribution in [0.3, 0.4) is 0 Å². The second kappa shape index (κ2) is 9.83. The molecule has 0 unspecified atom stereocenters. The minimum atomic E-state index is -0.300. The number of rotatable bonds is 8. The van der Waals surface area contributed by atoms with Crippen LogP contribution >= 0.6 is 11.3 Å². The zero-order chi connectivity index (χ0) is 19.1. The van der Waals surface area contributed by atoms with Crippen molar-refractivity contribution in [2.24, 2.45) is 5.92 Å². The van der Waals surface area contributed by atoms with Crippen LogP contribution in [-0.4, -0.2) is 29.5 Å². The van der Waals surface area contributed by atoms with E-state index in [1.807, 2.05) is 18.2 Å². The normalized spacial score (nSPS) is 19.7. The standard InChI is InChI=1S/C21H28N2O3S/c1-15-8-2-3-9-16(15)22-19(24)14-26-21(25)13-7-6-12-20-23-17-10-4-5-11-18(17)27-20/h4-5,10-11,15-16H,2-3,6-9,12-14H2,1H3,(H,22,24)/t15-,16+/m1/s1. The molecule has 0 aliphatic heterocycles. The van der Waals surface area contributed by atoms with Crippen molar-refractivity contribution in [1.82, 2.24) is 10.3 Å². The highest BCUT2D eigenvalue weighted by Gasteiger charge is 2.23. The molecule has 5 nitrogen and oxygen atoms in total. The van der Waals surface area contributed by atoms with E-state index in [4.69, 9.17) is 4.74 Å². The Morgan fingerprint density at radius 3 is 2.85 bits per heavy atom. The summed E-state index contributed by atoms with van der Waals surface area (Å²) in [7, 11) is 0. The molecule has 1 aliphatic rings. The van der Waals surface area contributed by atoms with Crippen LogP contribution in [0.2, 0.25) is 0 Å². The van der Waals surface area contributed by atoms with Crippen LogP contribution in [0.1, 0.15) is 56.9 Å². The lowest BCUT2D eigenvalue weighted by atomic mass is 9.86. The van der Waals surface area contributed by atoms with Gasteiger partial charge in [0, 0.05) is 12.5 Å². The van der Waals surface area contributed by atoms with E-state index in [2.05, 4.69) is 23.3 Å². The van der Waals surface area contributed by atoms with Gasteiger partial charge in [-0.05, 0) is 50.2 Å². The van der Waals surface area contributed by atoms with Gasteiger partial charge in [0.25, 0.3) is 5.91 Å². The number of thiazole rings is 1. The molecule has 0 radical (unpaired) electrons. The molecular formula is C21H28N2O3S. The van der Waals surface area contributed by atoms with Gasteiger partial charge >= 0.3 is 5.97 Å². The lowest BCUT2D eigenvalue weighted by Gasteiger charge is -2.29. The fraction of sp³-hybridized carbons (Fsp3) is 0.571. The van der Waals surface area contributed by atoms with Gasteiger partial charge in [-0.1, -0.05) is 31.9 Å². The lowest BCUT2D eigenvalue weighted by molar-refractivity contribution is -0.149. The summed E-state index contributed by atoms with van der Waals surface area (Å²) in [5.41, 5.74) is 1.04. The van der Waals surface area contributed by atoms with Gasteiger partial charge in [-0.25, -0.2) is 4.98 Å². The number of hydrogen-bond acceptors (Lipinski definition) is 5. The number of nitrogens with zero attached hydrogens (tertiary/aromatic N) is 1. The number of unbranched alkanes of at least 4 members (excludes halogenated alkanes) is 1. The third kappa shape index (κ3) is 6.03. The van der Waals surface area contributed by atoms with E-state index < -0.39 is 0 Å². The Hall–Kier alpha value is -1.95. The van der Waals surface area contributed by atoms with Crippen LogP contribution in [0.5, 0.6) is 0 Å². The first-order valence-electron chi connectivity index (χ1n) is 9.91. The summed E-state index contributed by atoms with van der Waals surface area (Å²) in [4.78, 5) is 28.4. The molecule has 6 heteroatoms. The van der Waals surface area contributed by atoms with Crippen molar-refractivity contribution in [3.63, 3.8) is 0 Å². The predicted molar refractivity (Wildman–Crippen MR) is 108 cm³/mol. The summed E-state index contributed by atoms with van der Waals surface area (Å²) in [6.07, 6.45) is 7.41. The molecule has 1 amide bonds. The molecule has 0 bridgehead atoms. The molecule has 1 N–H and O–H groups in total. The van der Waals surface area contributed by atoms with Gasteiger partial charge in [-0.2, -0.15) is 0 Å². The largest absolute Gasteiger partial charge is 0.456 e. The predicted octanol–water partition coefficient (Wildman–Crippen LogP) is 4.25. The topological polar surface area (TPSA) is 68.3 Å².